The summed E-state index contributed by atoms with van der Waals surface area (Å²) in [5.74, 6) is 6.83. The van der Waals surface area contributed by atoms with Crippen molar-refractivity contribution < 1.29 is 0 Å². The smallest absolute Gasteiger partial charge is 0.234 e. The number of rotatable bonds is 3. The Kier molecular flexibility index (Phi) is 4.75. The lowest BCUT2D eigenvalue weighted by molar-refractivity contribution is 0.442. The van der Waals surface area contributed by atoms with E-state index in [-0.39, 0.29) is 11.2 Å². The average molecular weight is 294 g/mol. The second kappa shape index (κ2) is 6.73. The number of hydrogen-bond donors (Lipinski definition) is 1. The number of nitriles is 1. The minimum Gasteiger partial charge on any atom is -0.368 e. The predicted molar refractivity (Wildman–Crippen MR) is 83.8 cm³/mol. The van der Waals surface area contributed by atoms with Crippen LogP contribution in [0.4, 0.5) is 5.82 Å². The molecule has 0 radical (unpaired) electrons. The normalized spacial score (nSPS) is 10.5. The lowest BCUT2D eigenvalue weighted by Gasteiger charge is -2.19. The van der Waals surface area contributed by atoms with E-state index in [4.69, 9.17) is 5.26 Å². The Bertz CT molecular complexity index is 723. The van der Waals surface area contributed by atoms with E-state index in [2.05, 4.69) is 52.9 Å². The molecule has 0 aliphatic rings. The molecule has 0 saturated heterocycles. The highest BCUT2D eigenvalue weighted by Crippen LogP contribution is 2.16. The minimum atomic E-state index is 0.0965. The third-order valence-corrected chi connectivity index (χ3v) is 2.72. The molecule has 0 aliphatic heterocycles. The molecule has 2 heterocycles. The Hall–Kier alpha value is -2.86. The average Bonchev–Trinajstić information content (AvgIpc) is 2.98. The first-order chi connectivity index (χ1) is 10.5. The van der Waals surface area contributed by atoms with Crippen LogP contribution in [0.15, 0.2) is 24.9 Å². The van der Waals surface area contributed by atoms with Gasteiger partial charge in [-0.05, 0) is 5.41 Å². The fraction of sp³-hybridized carbons (Fsp3) is 0.375. The van der Waals surface area contributed by atoms with Crippen LogP contribution < -0.4 is 5.32 Å². The molecule has 0 spiro atoms. The molecule has 0 aliphatic carbocycles. The Morgan fingerprint density at radius 2 is 2.18 bits per heavy atom. The van der Waals surface area contributed by atoms with E-state index >= 15 is 0 Å². The molecule has 2 rings (SSSR count). The van der Waals surface area contributed by atoms with Gasteiger partial charge < -0.3 is 9.88 Å². The first-order valence-electron chi connectivity index (χ1n) is 6.93. The molecule has 6 heteroatoms. The topological polar surface area (TPSA) is 79.4 Å². The molecular weight excluding hydrogens is 276 g/mol. The van der Waals surface area contributed by atoms with Gasteiger partial charge in [0.15, 0.2) is 0 Å². The van der Waals surface area contributed by atoms with Crippen molar-refractivity contribution in [2.75, 3.05) is 11.9 Å². The second-order valence-electron chi connectivity index (χ2n) is 6.02. The van der Waals surface area contributed by atoms with Gasteiger partial charge in [-0.25, -0.2) is 15.0 Å². The Morgan fingerprint density at radius 3 is 2.82 bits per heavy atom. The van der Waals surface area contributed by atoms with Crippen LogP contribution in [0.3, 0.4) is 0 Å². The van der Waals surface area contributed by atoms with E-state index in [1.807, 2.05) is 16.8 Å². The van der Waals surface area contributed by atoms with Crippen LogP contribution in [0.5, 0.6) is 0 Å². The van der Waals surface area contributed by atoms with Crippen molar-refractivity contribution >= 4 is 5.82 Å². The summed E-state index contributed by atoms with van der Waals surface area (Å²) in [6.45, 7) is 7.63. The quantitative estimate of drug-likeness (QED) is 0.876. The number of hydrogen-bond acceptors (Lipinski definition) is 5. The molecule has 0 unspecified atom stereocenters. The number of anilines is 1. The van der Waals surface area contributed by atoms with E-state index in [1.165, 1.54) is 0 Å². The fourth-order valence-corrected chi connectivity index (χ4v) is 1.62. The van der Waals surface area contributed by atoms with E-state index in [0.717, 1.165) is 6.54 Å². The van der Waals surface area contributed by atoms with Crippen molar-refractivity contribution in [3.8, 4) is 17.9 Å². The largest absolute Gasteiger partial charge is 0.368 e. The third kappa shape index (κ3) is 4.60. The molecule has 0 atom stereocenters. The molecule has 0 saturated carbocycles. The molecule has 0 fully saturated rings. The molecule has 0 aromatic carbocycles. The minimum absolute atomic E-state index is 0.0965. The van der Waals surface area contributed by atoms with Gasteiger partial charge in [0.05, 0.1) is 18.4 Å². The molecule has 2 aromatic heterocycles. The lowest BCUT2D eigenvalue weighted by atomic mass is 9.97. The zero-order valence-corrected chi connectivity index (χ0v) is 13.0. The maximum absolute atomic E-state index is 8.93. The SMILES string of the molecule is CC(C)(C)CNc1nc(C#N)ncc1C#CCn1ccnc1. The first kappa shape index (κ1) is 15.5. The molecule has 0 bridgehead atoms. The molecule has 1 N–H and O–H groups in total. The van der Waals surface area contributed by atoms with Crippen molar-refractivity contribution in [3.05, 3.63) is 36.3 Å². The summed E-state index contributed by atoms with van der Waals surface area (Å²) >= 11 is 0. The molecular formula is C16H18N6. The maximum atomic E-state index is 8.93. The first-order valence-corrected chi connectivity index (χ1v) is 6.93. The standard InChI is InChI=1S/C16H18N6/c1-16(2,3)11-20-15-13(10-19-14(9-17)21-15)5-4-7-22-8-6-18-12-22/h6,8,10,12H,7,11H2,1-3H3,(H,19,20,21). The predicted octanol–water partition coefficient (Wildman–Crippen LogP) is 2.05. The van der Waals surface area contributed by atoms with Crippen molar-refractivity contribution in [3.63, 3.8) is 0 Å². The number of nitrogens with one attached hydrogen (secondary N) is 1. The summed E-state index contributed by atoms with van der Waals surface area (Å²) in [4.78, 5) is 12.2. The number of aromatic nitrogens is 4. The van der Waals surface area contributed by atoms with Gasteiger partial charge in [0.25, 0.3) is 0 Å². The monoisotopic (exact) mass is 294 g/mol. The van der Waals surface area contributed by atoms with Crippen LogP contribution >= 0.6 is 0 Å². The van der Waals surface area contributed by atoms with E-state index in [9.17, 15) is 0 Å². The lowest BCUT2D eigenvalue weighted by Crippen LogP contribution is -2.20. The van der Waals surface area contributed by atoms with Gasteiger partial charge in [0.2, 0.25) is 5.82 Å². The number of imidazole rings is 1. The summed E-state index contributed by atoms with van der Waals surface area (Å²) in [5.41, 5.74) is 0.780. The fourth-order valence-electron chi connectivity index (χ4n) is 1.62. The maximum Gasteiger partial charge on any atom is 0.234 e. The van der Waals surface area contributed by atoms with Gasteiger partial charge in [-0.1, -0.05) is 32.6 Å². The van der Waals surface area contributed by atoms with Gasteiger partial charge in [0.1, 0.15) is 11.9 Å². The Labute approximate surface area is 130 Å². The summed E-state index contributed by atoms with van der Waals surface area (Å²) in [7, 11) is 0. The summed E-state index contributed by atoms with van der Waals surface area (Å²) in [6, 6.07) is 1.95. The molecule has 6 nitrogen and oxygen atoms in total. The summed E-state index contributed by atoms with van der Waals surface area (Å²) in [5, 5.41) is 12.2. The summed E-state index contributed by atoms with van der Waals surface area (Å²) < 4.78 is 1.87. The van der Waals surface area contributed by atoms with Crippen LogP contribution in [-0.4, -0.2) is 26.1 Å². The third-order valence-electron chi connectivity index (χ3n) is 2.72. The Balaban J connectivity index is 2.19. The van der Waals surface area contributed by atoms with Crippen molar-refractivity contribution in [2.45, 2.75) is 27.3 Å². The Morgan fingerprint density at radius 1 is 1.36 bits per heavy atom. The van der Waals surface area contributed by atoms with E-state index in [0.29, 0.717) is 17.9 Å². The van der Waals surface area contributed by atoms with Crippen LogP contribution in [0, 0.1) is 28.6 Å². The van der Waals surface area contributed by atoms with Crippen molar-refractivity contribution in [1.29, 1.82) is 5.26 Å². The highest BCUT2D eigenvalue weighted by molar-refractivity contribution is 5.53. The van der Waals surface area contributed by atoms with E-state index < -0.39 is 0 Å². The summed E-state index contributed by atoms with van der Waals surface area (Å²) in [6.07, 6.45) is 6.85. The van der Waals surface area contributed by atoms with Crippen molar-refractivity contribution in [1.82, 2.24) is 19.5 Å². The molecule has 112 valence electrons. The van der Waals surface area contributed by atoms with Crippen LogP contribution in [-0.2, 0) is 6.54 Å². The van der Waals surface area contributed by atoms with Gasteiger partial charge in [0, 0.05) is 25.1 Å². The van der Waals surface area contributed by atoms with Crippen LogP contribution in [0.1, 0.15) is 32.2 Å². The van der Waals surface area contributed by atoms with Crippen LogP contribution in [0.2, 0.25) is 0 Å². The second-order valence-corrected chi connectivity index (χ2v) is 6.02. The van der Waals surface area contributed by atoms with Gasteiger partial charge in [-0.15, -0.1) is 0 Å². The zero-order chi connectivity index (χ0) is 16.0. The van der Waals surface area contributed by atoms with Crippen LogP contribution in [0.25, 0.3) is 0 Å². The van der Waals surface area contributed by atoms with Gasteiger partial charge in [-0.3, -0.25) is 0 Å². The van der Waals surface area contributed by atoms with E-state index in [1.54, 1.807) is 18.7 Å². The molecule has 0 amide bonds. The van der Waals surface area contributed by atoms with Gasteiger partial charge >= 0.3 is 0 Å². The highest BCUT2D eigenvalue weighted by Gasteiger charge is 2.12. The molecule has 2 aromatic rings. The van der Waals surface area contributed by atoms with Gasteiger partial charge in [-0.2, -0.15) is 5.26 Å². The molecule has 22 heavy (non-hydrogen) atoms. The van der Waals surface area contributed by atoms with Crippen molar-refractivity contribution in [2.24, 2.45) is 5.41 Å². The number of nitrogens with zero attached hydrogens (tertiary/aromatic N) is 5. The highest BCUT2D eigenvalue weighted by atomic mass is 15.0. The zero-order valence-electron chi connectivity index (χ0n) is 13.0.